The summed E-state index contributed by atoms with van der Waals surface area (Å²) in [5, 5.41) is 3.42. The van der Waals surface area contributed by atoms with Gasteiger partial charge in [-0.15, -0.1) is 0 Å². The fourth-order valence-electron chi connectivity index (χ4n) is 2.21. The Morgan fingerprint density at radius 2 is 2.31 bits per heavy atom. The van der Waals surface area contributed by atoms with Crippen LogP contribution < -0.4 is 15.0 Å². The second kappa shape index (κ2) is 4.64. The van der Waals surface area contributed by atoms with Crippen molar-refractivity contribution < 1.29 is 4.74 Å². The summed E-state index contributed by atoms with van der Waals surface area (Å²) in [7, 11) is 1.72. The number of hydrogen-bond acceptors (Lipinski definition) is 3. The van der Waals surface area contributed by atoms with Gasteiger partial charge in [-0.25, -0.2) is 0 Å². The molecule has 88 valence electrons. The van der Waals surface area contributed by atoms with Gasteiger partial charge in [-0.3, -0.25) is 0 Å². The Bertz CT molecular complexity index is 365. The van der Waals surface area contributed by atoms with E-state index < -0.39 is 0 Å². The van der Waals surface area contributed by atoms with E-state index in [2.05, 4.69) is 36.2 Å². The van der Waals surface area contributed by atoms with Crippen LogP contribution in [0.1, 0.15) is 20.3 Å². The van der Waals surface area contributed by atoms with Gasteiger partial charge in [0.15, 0.2) is 0 Å². The first kappa shape index (κ1) is 11.1. The van der Waals surface area contributed by atoms with Gasteiger partial charge in [0.2, 0.25) is 0 Å². The minimum Gasteiger partial charge on any atom is -0.495 e. The van der Waals surface area contributed by atoms with Crippen molar-refractivity contribution in [3.8, 4) is 5.75 Å². The largest absolute Gasteiger partial charge is 0.495 e. The van der Waals surface area contributed by atoms with E-state index in [-0.39, 0.29) is 0 Å². The smallest absolute Gasteiger partial charge is 0.144 e. The molecule has 0 aromatic heterocycles. The summed E-state index contributed by atoms with van der Waals surface area (Å²) in [5.41, 5.74) is 2.40. The number of benzene rings is 1. The lowest BCUT2D eigenvalue weighted by Crippen LogP contribution is -2.40. The molecule has 0 saturated heterocycles. The molecule has 0 bridgehead atoms. The Hall–Kier alpha value is -1.38. The number of hydrogen-bond donors (Lipinski definition) is 1. The molecule has 2 rings (SSSR count). The van der Waals surface area contributed by atoms with Crippen molar-refractivity contribution in [3.63, 3.8) is 0 Å². The third-order valence-corrected chi connectivity index (χ3v) is 3.31. The molecule has 1 N–H and O–H groups in total. The number of fused-ring (bicyclic) bond motifs is 1. The Morgan fingerprint density at radius 3 is 3.00 bits per heavy atom. The zero-order valence-corrected chi connectivity index (χ0v) is 10.3. The highest BCUT2D eigenvalue weighted by Gasteiger charge is 2.22. The standard InChI is InChI=1S/C13H20N2O/c1-4-10(2)15-9-8-14-13-11(15)6-5-7-12(13)16-3/h5-7,10,14H,4,8-9H2,1-3H3. The zero-order valence-electron chi connectivity index (χ0n) is 10.3. The maximum Gasteiger partial charge on any atom is 0.144 e. The first-order valence-corrected chi connectivity index (χ1v) is 5.95. The molecule has 0 fully saturated rings. The van der Waals surface area contributed by atoms with Crippen LogP contribution >= 0.6 is 0 Å². The van der Waals surface area contributed by atoms with Gasteiger partial charge in [-0.05, 0) is 25.5 Å². The van der Waals surface area contributed by atoms with Gasteiger partial charge >= 0.3 is 0 Å². The average Bonchev–Trinajstić information content (AvgIpc) is 2.36. The molecule has 1 aromatic rings. The second-order valence-corrected chi connectivity index (χ2v) is 4.23. The highest BCUT2D eigenvalue weighted by atomic mass is 16.5. The summed E-state index contributed by atoms with van der Waals surface area (Å²) in [6, 6.07) is 6.80. The molecule has 1 heterocycles. The number of para-hydroxylation sites is 1. The van der Waals surface area contributed by atoms with E-state index in [9.17, 15) is 0 Å². The SMILES string of the molecule is CCC(C)N1CCNc2c(OC)cccc21. The fourth-order valence-corrected chi connectivity index (χ4v) is 2.21. The normalized spacial score (nSPS) is 16.3. The number of methoxy groups -OCH3 is 1. The van der Waals surface area contributed by atoms with Gasteiger partial charge in [0.1, 0.15) is 11.4 Å². The van der Waals surface area contributed by atoms with Gasteiger partial charge in [0, 0.05) is 19.1 Å². The lowest BCUT2D eigenvalue weighted by Gasteiger charge is -2.36. The summed E-state index contributed by atoms with van der Waals surface area (Å²) >= 11 is 0. The number of nitrogens with one attached hydrogen (secondary N) is 1. The monoisotopic (exact) mass is 220 g/mol. The Balaban J connectivity index is 2.39. The van der Waals surface area contributed by atoms with E-state index in [0.29, 0.717) is 6.04 Å². The van der Waals surface area contributed by atoms with Crippen LogP contribution in [-0.4, -0.2) is 26.2 Å². The van der Waals surface area contributed by atoms with Crippen LogP contribution in [0.3, 0.4) is 0 Å². The third-order valence-electron chi connectivity index (χ3n) is 3.31. The number of anilines is 2. The molecule has 0 aliphatic carbocycles. The summed E-state index contributed by atoms with van der Waals surface area (Å²) in [6.07, 6.45) is 1.16. The molecular formula is C13H20N2O. The second-order valence-electron chi connectivity index (χ2n) is 4.23. The van der Waals surface area contributed by atoms with Gasteiger partial charge in [-0.2, -0.15) is 0 Å². The van der Waals surface area contributed by atoms with Crippen LogP contribution in [-0.2, 0) is 0 Å². The number of nitrogens with zero attached hydrogens (tertiary/aromatic N) is 1. The van der Waals surface area contributed by atoms with Gasteiger partial charge in [0.25, 0.3) is 0 Å². The van der Waals surface area contributed by atoms with Gasteiger partial charge < -0.3 is 15.0 Å². The van der Waals surface area contributed by atoms with Crippen molar-refractivity contribution in [2.75, 3.05) is 30.4 Å². The molecule has 0 saturated carbocycles. The Labute approximate surface area is 97.4 Å². The first-order chi connectivity index (χ1) is 7.77. The fraction of sp³-hybridized carbons (Fsp3) is 0.538. The highest BCUT2D eigenvalue weighted by Crippen LogP contribution is 2.38. The third kappa shape index (κ3) is 1.82. The topological polar surface area (TPSA) is 24.5 Å². The van der Waals surface area contributed by atoms with E-state index in [0.717, 1.165) is 30.9 Å². The molecule has 0 amide bonds. The van der Waals surface area contributed by atoms with Crippen molar-refractivity contribution in [1.29, 1.82) is 0 Å². The van der Waals surface area contributed by atoms with Crippen LogP contribution in [0.4, 0.5) is 11.4 Å². The van der Waals surface area contributed by atoms with E-state index >= 15 is 0 Å². The molecule has 1 aromatic carbocycles. The maximum absolute atomic E-state index is 5.39. The average molecular weight is 220 g/mol. The van der Waals surface area contributed by atoms with Crippen LogP contribution in [0.15, 0.2) is 18.2 Å². The summed E-state index contributed by atoms with van der Waals surface area (Å²) < 4.78 is 5.39. The molecule has 0 spiro atoms. The van der Waals surface area contributed by atoms with Crippen molar-refractivity contribution in [3.05, 3.63) is 18.2 Å². The van der Waals surface area contributed by atoms with E-state index in [1.165, 1.54) is 5.69 Å². The van der Waals surface area contributed by atoms with Crippen LogP contribution in [0.2, 0.25) is 0 Å². The predicted molar refractivity (Wildman–Crippen MR) is 68.6 cm³/mol. The molecule has 1 aliphatic heterocycles. The zero-order chi connectivity index (χ0) is 11.5. The van der Waals surface area contributed by atoms with E-state index in [1.807, 2.05) is 6.07 Å². The minimum absolute atomic E-state index is 0.577. The molecule has 1 atom stereocenters. The van der Waals surface area contributed by atoms with Crippen LogP contribution in [0.5, 0.6) is 5.75 Å². The maximum atomic E-state index is 5.39. The number of ether oxygens (including phenoxy) is 1. The van der Waals surface area contributed by atoms with Crippen molar-refractivity contribution in [2.45, 2.75) is 26.3 Å². The lowest BCUT2D eigenvalue weighted by atomic mass is 10.1. The quantitative estimate of drug-likeness (QED) is 0.847. The number of rotatable bonds is 3. The molecule has 0 radical (unpaired) electrons. The van der Waals surface area contributed by atoms with Crippen LogP contribution in [0, 0.1) is 0 Å². The van der Waals surface area contributed by atoms with Crippen molar-refractivity contribution >= 4 is 11.4 Å². The van der Waals surface area contributed by atoms with E-state index in [4.69, 9.17) is 4.74 Å². The molecule has 3 nitrogen and oxygen atoms in total. The van der Waals surface area contributed by atoms with Gasteiger partial charge in [0.05, 0.1) is 12.8 Å². The predicted octanol–water partition coefficient (Wildman–Crippen LogP) is 2.73. The molecular weight excluding hydrogens is 200 g/mol. The minimum atomic E-state index is 0.577. The molecule has 16 heavy (non-hydrogen) atoms. The van der Waals surface area contributed by atoms with Crippen LogP contribution in [0.25, 0.3) is 0 Å². The highest BCUT2D eigenvalue weighted by molar-refractivity contribution is 5.78. The summed E-state index contributed by atoms with van der Waals surface area (Å²) in [4.78, 5) is 2.45. The Kier molecular flexibility index (Phi) is 3.22. The summed E-state index contributed by atoms with van der Waals surface area (Å²) in [6.45, 7) is 6.55. The Morgan fingerprint density at radius 1 is 1.50 bits per heavy atom. The first-order valence-electron chi connectivity index (χ1n) is 5.95. The molecule has 1 aliphatic rings. The molecule has 3 heteroatoms. The lowest BCUT2D eigenvalue weighted by molar-refractivity contribution is 0.415. The summed E-state index contributed by atoms with van der Waals surface area (Å²) in [5.74, 6) is 0.936. The van der Waals surface area contributed by atoms with Crippen molar-refractivity contribution in [1.82, 2.24) is 0 Å². The van der Waals surface area contributed by atoms with Crippen molar-refractivity contribution in [2.24, 2.45) is 0 Å². The molecule has 1 unspecified atom stereocenters. The van der Waals surface area contributed by atoms with Gasteiger partial charge in [-0.1, -0.05) is 13.0 Å². The van der Waals surface area contributed by atoms with E-state index in [1.54, 1.807) is 7.11 Å².